The Morgan fingerprint density at radius 1 is 0.737 bits per heavy atom. The van der Waals surface area contributed by atoms with Crippen LogP contribution in [0.2, 0.25) is 17.3 Å². The summed E-state index contributed by atoms with van der Waals surface area (Å²) in [6, 6.07) is 42.0. The van der Waals surface area contributed by atoms with Crippen LogP contribution in [0.1, 0.15) is 56.5 Å². The molecule has 6 nitrogen and oxygen atoms in total. The van der Waals surface area contributed by atoms with Crippen LogP contribution in [0.25, 0.3) is 77.9 Å². The fraction of sp³-hybridized carbons (Fsp3) is 0.224. The average Bonchev–Trinajstić information content (AvgIpc) is 3.78. The number of imidazole rings is 1. The molecular formula is C49H47GeIrN5O-2. The molecular weight excluding hydrogens is 939 g/mol. The molecule has 5 aromatic heterocycles. The van der Waals surface area contributed by atoms with Crippen molar-refractivity contribution in [1.29, 1.82) is 0 Å². The second kappa shape index (κ2) is 16.1. The van der Waals surface area contributed by atoms with Gasteiger partial charge in [-0.1, -0.05) is 48.2 Å². The zero-order chi connectivity index (χ0) is 39.3. The van der Waals surface area contributed by atoms with Crippen LogP contribution in [-0.2, 0) is 20.1 Å². The molecule has 0 N–H and O–H groups in total. The van der Waals surface area contributed by atoms with Gasteiger partial charge in [-0.2, -0.15) is 0 Å². The van der Waals surface area contributed by atoms with Crippen molar-refractivity contribution in [3.8, 4) is 33.9 Å². The predicted molar refractivity (Wildman–Crippen MR) is 235 cm³/mol. The van der Waals surface area contributed by atoms with Crippen LogP contribution in [0.4, 0.5) is 0 Å². The van der Waals surface area contributed by atoms with Crippen LogP contribution in [0.3, 0.4) is 0 Å². The van der Waals surface area contributed by atoms with Crippen LogP contribution in [-0.4, -0.2) is 37.8 Å². The molecule has 9 rings (SSSR count). The van der Waals surface area contributed by atoms with Crippen molar-refractivity contribution in [3.63, 3.8) is 0 Å². The minimum Gasteiger partial charge on any atom is -0.486 e. The topological polar surface area (TPSA) is 69.6 Å². The number of aryl methyl sites for hydroxylation is 2. The fourth-order valence-corrected chi connectivity index (χ4v) is 11.2. The van der Waals surface area contributed by atoms with Crippen molar-refractivity contribution < 1.29 is 24.5 Å². The minimum atomic E-state index is -1.85. The van der Waals surface area contributed by atoms with Gasteiger partial charge in [0.25, 0.3) is 0 Å². The molecule has 57 heavy (non-hydrogen) atoms. The number of benzene rings is 4. The number of rotatable bonds is 6. The first kappa shape index (κ1) is 40.3. The van der Waals surface area contributed by atoms with Crippen LogP contribution in [0, 0.1) is 26.0 Å². The van der Waals surface area contributed by atoms with Gasteiger partial charge in [0, 0.05) is 48.2 Å². The van der Waals surface area contributed by atoms with Gasteiger partial charge >= 0.3 is 119 Å². The summed E-state index contributed by atoms with van der Waals surface area (Å²) in [5.74, 6) is 8.67. The van der Waals surface area contributed by atoms with Crippen molar-refractivity contribution >= 4 is 61.7 Å². The zero-order valence-electron chi connectivity index (χ0n) is 34.0. The molecule has 5 heterocycles. The third-order valence-electron chi connectivity index (χ3n) is 10.4. The molecule has 8 heteroatoms. The number of fused-ring (bicyclic) bond motifs is 6. The van der Waals surface area contributed by atoms with Crippen molar-refractivity contribution in [3.05, 3.63) is 138 Å². The Bertz CT molecular complexity index is 2870. The fourth-order valence-electron chi connectivity index (χ4n) is 7.65. The molecule has 0 aliphatic carbocycles. The SMILES string of the molecule is CC(C)c1cc(-c2[c-]cccc2)nc[c]1[Ge]([CH3])([CH3])[CH3].Cc1ccc2c(ccc3nc(-c4[c-]cc(C)c5c4oc4nc(-c6ccccc6)ccc45)n(C(C)C)c32)n1.[Ir]. The molecule has 0 fully saturated rings. The number of furan rings is 1. The molecule has 1 radical (unpaired) electrons. The van der Waals surface area contributed by atoms with E-state index in [-0.39, 0.29) is 26.1 Å². The van der Waals surface area contributed by atoms with E-state index < -0.39 is 13.3 Å². The Labute approximate surface area is 351 Å². The van der Waals surface area contributed by atoms with Crippen molar-refractivity contribution in [2.45, 2.75) is 70.8 Å². The monoisotopic (exact) mass is 988 g/mol. The number of nitrogens with zero attached hydrogens (tertiary/aromatic N) is 5. The Morgan fingerprint density at radius 3 is 2.18 bits per heavy atom. The standard InChI is InChI=1S/C32H25N4O.C17H22GeN.Ir/c1-18(2)36-29-22-13-11-20(4)33-26(22)16-17-27(29)34-31(36)24-12-10-19(3)28-23-14-15-25(21-8-6-5-7-9-21)35-32(23)37-30(24)28;1-13(2)15-11-17(14-9-7-6-8-10-14)19-12-16(15)18(3,4)5;/h5-11,13-18H,1-4H3;6-9,11-13H,1-5H3;/q2*-1;. The molecule has 0 atom stereocenters. The third-order valence-corrected chi connectivity index (χ3v) is 14.7. The molecule has 0 aliphatic heterocycles. The maximum Gasteiger partial charge on any atom is 0.216 e. The number of hydrogen-bond donors (Lipinski definition) is 0. The van der Waals surface area contributed by atoms with Gasteiger partial charge < -0.3 is 8.98 Å². The quantitative estimate of drug-likeness (QED) is 0.123. The van der Waals surface area contributed by atoms with Gasteiger partial charge in [0.15, 0.2) is 0 Å². The molecule has 0 bridgehead atoms. The van der Waals surface area contributed by atoms with Crippen molar-refractivity contribution in [2.24, 2.45) is 0 Å². The van der Waals surface area contributed by atoms with Gasteiger partial charge in [-0.15, -0.1) is 17.7 Å². The van der Waals surface area contributed by atoms with Gasteiger partial charge in [-0.3, -0.25) is 9.97 Å². The summed E-state index contributed by atoms with van der Waals surface area (Å²) in [5.41, 5.74) is 12.9. The van der Waals surface area contributed by atoms with Gasteiger partial charge in [0.1, 0.15) is 0 Å². The Kier molecular flexibility index (Phi) is 11.4. The van der Waals surface area contributed by atoms with E-state index in [1.54, 1.807) is 0 Å². The normalized spacial score (nSPS) is 11.8. The summed E-state index contributed by atoms with van der Waals surface area (Å²) in [4.78, 5) is 19.4. The second-order valence-electron chi connectivity index (χ2n) is 16.3. The van der Waals surface area contributed by atoms with Crippen LogP contribution in [0.15, 0.2) is 114 Å². The summed E-state index contributed by atoms with van der Waals surface area (Å²) in [6.07, 6.45) is 2.12. The molecule has 0 saturated heterocycles. The number of aromatic nitrogens is 5. The predicted octanol–water partition coefficient (Wildman–Crippen LogP) is 12.4. The maximum absolute atomic E-state index is 6.51. The van der Waals surface area contributed by atoms with Crippen LogP contribution in [0.5, 0.6) is 0 Å². The maximum atomic E-state index is 6.51. The Hall–Kier alpha value is -4.95. The van der Waals surface area contributed by atoms with E-state index in [2.05, 4.69) is 140 Å². The first-order valence-corrected chi connectivity index (χ1v) is 26.8. The average molecular weight is 987 g/mol. The molecule has 0 saturated carbocycles. The van der Waals surface area contributed by atoms with Gasteiger partial charge in [0.05, 0.1) is 33.7 Å². The van der Waals surface area contributed by atoms with Crippen molar-refractivity contribution in [1.82, 2.24) is 24.5 Å². The molecule has 0 amide bonds. The van der Waals surface area contributed by atoms with E-state index in [1.165, 1.54) is 9.96 Å². The van der Waals surface area contributed by atoms with Crippen molar-refractivity contribution in [2.75, 3.05) is 0 Å². The number of hydrogen-bond acceptors (Lipinski definition) is 5. The summed E-state index contributed by atoms with van der Waals surface area (Å²) < 4.78 is 10.3. The first-order valence-electron chi connectivity index (χ1n) is 19.4. The number of pyridine rings is 3. The molecule has 4 aromatic carbocycles. The second-order valence-corrected chi connectivity index (χ2v) is 26.8. The van der Waals surface area contributed by atoms with E-state index in [9.17, 15) is 0 Å². The summed E-state index contributed by atoms with van der Waals surface area (Å²) >= 11 is -1.85. The summed E-state index contributed by atoms with van der Waals surface area (Å²) in [7, 11) is 0. The summed E-state index contributed by atoms with van der Waals surface area (Å²) in [5, 5.41) is 3.15. The van der Waals surface area contributed by atoms with E-state index in [4.69, 9.17) is 19.4 Å². The van der Waals surface area contributed by atoms with Gasteiger partial charge in [-0.05, 0) is 57.2 Å². The van der Waals surface area contributed by atoms with E-state index in [0.29, 0.717) is 11.6 Å². The molecule has 0 unspecified atom stereocenters. The van der Waals surface area contributed by atoms with Gasteiger partial charge in [0.2, 0.25) is 5.71 Å². The molecule has 9 aromatic rings. The molecule has 0 spiro atoms. The van der Waals surface area contributed by atoms with Crippen LogP contribution >= 0.6 is 0 Å². The summed E-state index contributed by atoms with van der Waals surface area (Å²) in [6.45, 7) is 13.0. The van der Waals surface area contributed by atoms with E-state index in [1.807, 2.05) is 49.4 Å². The minimum absolute atomic E-state index is 0. The third kappa shape index (κ3) is 7.73. The Balaban J connectivity index is 0.000000211. The smallest absolute Gasteiger partial charge is 0.216 e. The first-order chi connectivity index (χ1) is 26.9. The molecule has 0 aliphatic rings. The Morgan fingerprint density at radius 2 is 1.47 bits per heavy atom. The van der Waals surface area contributed by atoms with Crippen LogP contribution < -0.4 is 4.40 Å². The van der Waals surface area contributed by atoms with E-state index in [0.717, 1.165) is 83.5 Å². The van der Waals surface area contributed by atoms with E-state index >= 15 is 0 Å². The largest absolute Gasteiger partial charge is 0.486 e. The van der Waals surface area contributed by atoms with Gasteiger partial charge in [-0.25, -0.2) is 4.98 Å². The zero-order valence-corrected chi connectivity index (χ0v) is 38.5. The molecule has 289 valence electrons.